The van der Waals surface area contributed by atoms with Gasteiger partial charge in [-0.25, -0.2) is 14.4 Å². The lowest BCUT2D eigenvalue weighted by molar-refractivity contribution is 0.628. The Bertz CT molecular complexity index is 581. The number of fused-ring (bicyclic) bond motifs is 1. The average molecular weight is 263 g/mol. The van der Waals surface area contributed by atoms with Crippen LogP contribution < -0.4 is 0 Å². The van der Waals surface area contributed by atoms with E-state index in [0.717, 1.165) is 42.5 Å². The van der Waals surface area contributed by atoms with Gasteiger partial charge in [0.25, 0.3) is 0 Å². The van der Waals surface area contributed by atoms with Crippen LogP contribution in [0.1, 0.15) is 24.1 Å². The van der Waals surface area contributed by atoms with Gasteiger partial charge in [-0.1, -0.05) is 11.6 Å². The Hall–Kier alpha value is -1.48. The van der Waals surface area contributed by atoms with Gasteiger partial charge in [0.2, 0.25) is 0 Å². The molecule has 0 saturated carbocycles. The van der Waals surface area contributed by atoms with E-state index in [0.29, 0.717) is 11.0 Å². The molecular formula is C14H12ClFN2. The summed E-state index contributed by atoms with van der Waals surface area (Å²) in [5.41, 5.74) is 2.92. The normalized spacial score (nSPS) is 14.3. The molecule has 1 aliphatic carbocycles. The van der Waals surface area contributed by atoms with Crippen LogP contribution in [0.4, 0.5) is 4.39 Å². The summed E-state index contributed by atoms with van der Waals surface area (Å²) < 4.78 is 12.9. The van der Waals surface area contributed by atoms with Crippen molar-refractivity contribution in [1.82, 2.24) is 9.97 Å². The van der Waals surface area contributed by atoms with Gasteiger partial charge in [0.1, 0.15) is 11.0 Å². The molecule has 0 atom stereocenters. The number of hydrogen-bond donors (Lipinski definition) is 0. The summed E-state index contributed by atoms with van der Waals surface area (Å²) in [5, 5.41) is 0.541. The molecule has 2 aromatic rings. The van der Waals surface area contributed by atoms with E-state index < -0.39 is 0 Å². The monoisotopic (exact) mass is 262 g/mol. The number of rotatable bonds is 1. The van der Waals surface area contributed by atoms with Crippen molar-refractivity contribution >= 4 is 11.6 Å². The van der Waals surface area contributed by atoms with Crippen molar-refractivity contribution in [2.24, 2.45) is 0 Å². The maximum absolute atomic E-state index is 12.9. The molecule has 0 aliphatic heterocycles. The van der Waals surface area contributed by atoms with Crippen LogP contribution in [0.3, 0.4) is 0 Å². The first-order chi connectivity index (χ1) is 8.74. The molecule has 1 heterocycles. The van der Waals surface area contributed by atoms with Crippen molar-refractivity contribution < 1.29 is 4.39 Å². The third kappa shape index (κ3) is 2.10. The maximum Gasteiger partial charge on any atom is 0.161 e. The van der Waals surface area contributed by atoms with Crippen LogP contribution in [0, 0.1) is 5.82 Å². The van der Waals surface area contributed by atoms with Gasteiger partial charge in [0.05, 0.1) is 0 Å². The number of aromatic nitrogens is 2. The van der Waals surface area contributed by atoms with E-state index >= 15 is 0 Å². The highest BCUT2D eigenvalue weighted by Gasteiger charge is 2.17. The average Bonchev–Trinajstić information content (AvgIpc) is 2.39. The standard InChI is InChI=1S/C14H12ClFN2/c15-13-11-3-1-2-4-12(11)17-14(18-13)9-5-7-10(16)8-6-9/h5-8H,1-4H2. The number of hydrogen-bond acceptors (Lipinski definition) is 2. The van der Waals surface area contributed by atoms with Crippen LogP contribution in [0.2, 0.25) is 5.15 Å². The highest BCUT2D eigenvalue weighted by Crippen LogP contribution is 2.28. The van der Waals surface area contributed by atoms with Crippen LogP contribution in [0.5, 0.6) is 0 Å². The summed E-state index contributed by atoms with van der Waals surface area (Å²) >= 11 is 6.20. The van der Waals surface area contributed by atoms with E-state index in [2.05, 4.69) is 9.97 Å². The minimum Gasteiger partial charge on any atom is -0.233 e. The van der Waals surface area contributed by atoms with Crippen LogP contribution in [0.25, 0.3) is 11.4 Å². The van der Waals surface area contributed by atoms with Crippen LogP contribution in [0.15, 0.2) is 24.3 Å². The zero-order valence-corrected chi connectivity index (χ0v) is 10.5. The second-order valence-corrected chi connectivity index (χ2v) is 4.84. The van der Waals surface area contributed by atoms with Gasteiger partial charge >= 0.3 is 0 Å². The lowest BCUT2D eigenvalue weighted by Crippen LogP contribution is -2.08. The van der Waals surface area contributed by atoms with Gasteiger partial charge in [-0.15, -0.1) is 0 Å². The molecule has 3 rings (SSSR count). The van der Waals surface area contributed by atoms with E-state index in [-0.39, 0.29) is 5.82 Å². The Morgan fingerprint density at radius 3 is 2.50 bits per heavy atom. The molecule has 0 spiro atoms. The number of aryl methyl sites for hydroxylation is 1. The quantitative estimate of drug-likeness (QED) is 0.730. The minimum absolute atomic E-state index is 0.261. The molecule has 1 aromatic heterocycles. The summed E-state index contributed by atoms with van der Waals surface area (Å²) in [5.74, 6) is 0.323. The van der Waals surface area contributed by atoms with Crippen molar-refractivity contribution in [2.45, 2.75) is 25.7 Å². The van der Waals surface area contributed by atoms with Crippen molar-refractivity contribution in [3.63, 3.8) is 0 Å². The van der Waals surface area contributed by atoms with Gasteiger partial charge < -0.3 is 0 Å². The van der Waals surface area contributed by atoms with Gasteiger partial charge in [-0.05, 0) is 49.9 Å². The number of halogens is 2. The predicted molar refractivity (Wildman–Crippen MR) is 69.1 cm³/mol. The largest absolute Gasteiger partial charge is 0.233 e. The fourth-order valence-corrected chi connectivity index (χ4v) is 2.56. The van der Waals surface area contributed by atoms with Gasteiger partial charge in [-0.3, -0.25) is 0 Å². The van der Waals surface area contributed by atoms with E-state index in [1.165, 1.54) is 12.1 Å². The predicted octanol–water partition coefficient (Wildman–Crippen LogP) is 3.81. The smallest absolute Gasteiger partial charge is 0.161 e. The zero-order valence-electron chi connectivity index (χ0n) is 9.79. The van der Waals surface area contributed by atoms with Gasteiger partial charge in [0, 0.05) is 16.8 Å². The minimum atomic E-state index is -0.261. The number of nitrogens with zero attached hydrogens (tertiary/aromatic N) is 2. The van der Waals surface area contributed by atoms with E-state index in [1.54, 1.807) is 12.1 Å². The maximum atomic E-state index is 12.9. The van der Waals surface area contributed by atoms with Crippen molar-refractivity contribution in [3.05, 3.63) is 46.5 Å². The van der Waals surface area contributed by atoms with Gasteiger partial charge in [0.15, 0.2) is 5.82 Å². The van der Waals surface area contributed by atoms with E-state index in [1.807, 2.05) is 0 Å². The molecule has 0 unspecified atom stereocenters. The highest BCUT2D eigenvalue weighted by molar-refractivity contribution is 6.30. The zero-order chi connectivity index (χ0) is 12.5. The van der Waals surface area contributed by atoms with Crippen molar-refractivity contribution in [2.75, 3.05) is 0 Å². The Morgan fingerprint density at radius 2 is 1.72 bits per heavy atom. The Kier molecular flexibility index (Phi) is 3.00. The first-order valence-corrected chi connectivity index (χ1v) is 6.43. The second kappa shape index (κ2) is 4.65. The molecular weight excluding hydrogens is 251 g/mol. The topological polar surface area (TPSA) is 25.8 Å². The molecule has 1 aliphatic rings. The molecule has 92 valence electrons. The third-order valence-electron chi connectivity index (χ3n) is 3.24. The first kappa shape index (κ1) is 11.6. The molecule has 18 heavy (non-hydrogen) atoms. The Morgan fingerprint density at radius 1 is 1.00 bits per heavy atom. The van der Waals surface area contributed by atoms with Crippen LogP contribution in [-0.2, 0) is 12.8 Å². The summed E-state index contributed by atoms with van der Waals surface area (Å²) in [6.07, 6.45) is 4.19. The number of benzene rings is 1. The summed E-state index contributed by atoms with van der Waals surface area (Å²) in [6, 6.07) is 6.17. The lowest BCUT2D eigenvalue weighted by Gasteiger charge is -2.16. The fraction of sp³-hybridized carbons (Fsp3) is 0.286. The third-order valence-corrected chi connectivity index (χ3v) is 3.55. The SMILES string of the molecule is Fc1ccc(-c2nc(Cl)c3c(n2)CCCC3)cc1. The summed E-state index contributed by atoms with van der Waals surface area (Å²) in [4.78, 5) is 8.87. The van der Waals surface area contributed by atoms with E-state index in [9.17, 15) is 4.39 Å². The van der Waals surface area contributed by atoms with Gasteiger partial charge in [-0.2, -0.15) is 0 Å². The lowest BCUT2D eigenvalue weighted by atomic mass is 9.97. The molecule has 0 amide bonds. The molecule has 1 aromatic carbocycles. The van der Waals surface area contributed by atoms with Crippen molar-refractivity contribution in [3.8, 4) is 11.4 Å². The summed E-state index contributed by atoms with van der Waals surface area (Å²) in [6.45, 7) is 0. The van der Waals surface area contributed by atoms with Crippen LogP contribution in [-0.4, -0.2) is 9.97 Å². The molecule has 4 heteroatoms. The molecule has 0 N–H and O–H groups in total. The molecule has 0 radical (unpaired) electrons. The molecule has 0 bridgehead atoms. The van der Waals surface area contributed by atoms with Crippen LogP contribution >= 0.6 is 11.6 Å². The van der Waals surface area contributed by atoms with E-state index in [4.69, 9.17) is 11.6 Å². The first-order valence-electron chi connectivity index (χ1n) is 6.05. The highest BCUT2D eigenvalue weighted by atomic mass is 35.5. The molecule has 2 nitrogen and oxygen atoms in total. The molecule has 0 saturated heterocycles. The second-order valence-electron chi connectivity index (χ2n) is 4.48. The Balaban J connectivity index is 2.08. The molecule has 0 fully saturated rings. The fourth-order valence-electron chi connectivity index (χ4n) is 2.28. The van der Waals surface area contributed by atoms with Crippen molar-refractivity contribution in [1.29, 1.82) is 0 Å². The summed E-state index contributed by atoms with van der Waals surface area (Å²) in [7, 11) is 0. The Labute approximate surface area is 110 Å².